The summed E-state index contributed by atoms with van der Waals surface area (Å²) in [5, 5.41) is 9.62. The monoisotopic (exact) mass is 241 g/mol. The van der Waals surface area contributed by atoms with Crippen molar-refractivity contribution in [2.24, 2.45) is 5.92 Å². The highest BCUT2D eigenvalue weighted by Crippen LogP contribution is 2.10. The minimum absolute atomic E-state index is 0.0205. The lowest BCUT2D eigenvalue weighted by atomic mass is 9.97. The summed E-state index contributed by atoms with van der Waals surface area (Å²) in [7, 11) is 1.93. The highest BCUT2D eigenvalue weighted by molar-refractivity contribution is 5.82. The molecule has 1 unspecified atom stereocenters. The lowest BCUT2D eigenvalue weighted by Crippen LogP contribution is -2.53. The van der Waals surface area contributed by atoms with Gasteiger partial charge in [0.15, 0.2) is 0 Å². The Kier molecular flexibility index (Phi) is 6.52. The number of carbonyl (C=O) groups excluding carboxylic acids is 1. The van der Waals surface area contributed by atoms with Crippen molar-refractivity contribution in [3.63, 3.8) is 0 Å². The van der Waals surface area contributed by atoms with Crippen molar-refractivity contribution >= 4 is 5.91 Å². The number of piperidine rings is 1. The Morgan fingerprint density at radius 1 is 1.47 bits per heavy atom. The van der Waals surface area contributed by atoms with Gasteiger partial charge in [-0.25, -0.2) is 0 Å². The topological polar surface area (TPSA) is 53.2 Å². The van der Waals surface area contributed by atoms with Gasteiger partial charge in [-0.05, 0) is 32.4 Å². The maximum atomic E-state index is 12.1. The van der Waals surface area contributed by atoms with Gasteiger partial charge in [-0.15, -0.1) is 0 Å². The molecule has 4 nitrogen and oxygen atoms in total. The van der Waals surface area contributed by atoms with Gasteiger partial charge in [0, 0.05) is 12.6 Å². The van der Waals surface area contributed by atoms with Gasteiger partial charge in [-0.3, -0.25) is 4.79 Å². The van der Waals surface area contributed by atoms with E-state index in [2.05, 4.69) is 29.8 Å². The highest BCUT2D eigenvalue weighted by atomic mass is 16.2. The van der Waals surface area contributed by atoms with Crippen LogP contribution in [-0.4, -0.2) is 38.1 Å². The maximum absolute atomic E-state index is 12.1. The van der Waals surface area contributed by atoms with Gasteiger partial charge >= 0.3 is 0 Å². The summed E-state index contributed by atoms with van der Waals surface area (Å²) in [5.74, 6) is 0.681. The van der Waals surface area contributed by atoms with E-state index in [0.717, 1.165) is 32.4 Å². The Labute approximate surface area is 105 Å². The Hall–Kier alpha value is -0.610. The van der Waals surface area contributed by atoms with Gasteiger partial charge in [0.05, 0.1) is 6.04 Å². The standard InChI is InChI=1S/C13H27N3O/c1-4-10(2)12(9-14-3)16-13(17)11-7-5-6-8-15-11/h10-12,14-15H,4-9H2,1-3H3,(H,16,17)/t10?,11-,12-/m1/s1. The molecule has 4 heteroatoms. The maximum Gasteiger partial charge on any atom is 0.237 e. The van der Waals surface area contributed by atoms with Gasteiger partial charge in [-0.2, -0.15) is 0 Å². The van der Waals surface area contributed by atoms with Crippen molar-refractivity contribution in [1.29, 1.82) is 0 Å². The van der Waals surface area contributed by atoms with E-state index >= 15 is 0 Å². The van der Waals surface area contributed by atoms with Crippen molar-refractivity contribution in [3.05, 3.63) is 0 Å². The fraction of sp³-hybridized carbons (Fsp3) is 0.923. The lowest BCUT2D eigenvalue weighted by molar-refractivity contribution is -0.124. The fourth-order valence-electron chi connectivity index (χ4n) is 2.26. The van der Waals surface area contributed by atoms with Gasteiger partial charge in [0.1, 0.15) is 0 Å². The summed E-state index contributed by atoms with van der Waals surface area (Å²) in [6.07, 6.45) is 4.41. The second-order valence-electron chi connectivity index (χ2n) is 5.06. The second-order valence-corrected chi connectivity index (χ2v) is 5.06. The molecule has 1 rings (SSSR count). The number of rotatable bonds is 6. The Balaban J connectivity index is 2.44. The first-order valence-corrected chi connectivity index (χ1v) is 6.87. The van der Waals surface area contributed by atoms with Crippen LogP contribution in [0.3, 0.4) is 0 Å². The quantitative estimate of drug-likeness (QED) is 0.647. The Morgan fingerprint density at radius 3 is 2.76 bits per heavy atom. The van der Waals surface area contributed by atoms with Crippen LogP contribution in [0, 0.1) is 5.92 Å². The van der Waals surface area contributed by atoms with Gasteiger partial charge < -0.3 is 16.0 Å². The van der Waals surface area contributed by atoms with Crippen LogP contribution in [0.1, 0.15) is 39.5 Å². The molecule has 0 spiro atoms. The van der Waals surface area contributed by atoms with E-state index in [0.29, 0.717) is 5.92 Å². The zero-order valence-corrected chi connectivity index (χ0v) is 11.4. The molecular formula is C13H27N3O. The SMILES string of the molecule is CCC(C)[C@@H](CNC)NC(=O)[C@H]1CCCCN1. The van der Waals surface area contributed by atoms with E-state index in [1.807, 2.05) is 7.05 Å². The van der Waals surface area contributed by atoms with E-state index < -0.39 is 0 Å². The molecule has 17 heavy (non-hydrogen) atoms. The summed E-state index contributed by atoms with van der Waals surface area (Å²) in [4.78, 5) is 12.1. The minimum Gasteiger partial charge on any atom is -0.350 e. The minimum atomic E-state index is 0.0205. The normalized spacial score (nSPS) is 24.1. The molecular weight excluding hydrogens is 214 g/mol. The van der Waals surface area contributed by atoms with Crippen LogP contribution in [0.4, 0.5) is 0 Å². The van der Waals surface area contributed by atoms with E-state index in [1.54, 1.807) is 0 Å². The Bertz CT molecular complexity index is 227. The largest absolute Gasteiger partial charge is 0.350 e. The van der Waals surface area contributed by atoms with E-state index in [1.165, 1.54) is 6.42 Å². The van der Waals surface area contributed by atoms with E-state index in [9.17, 15) is 4.79 Å². The third-order valence-electron chi connectivity index (χ3n) is 3.71. The fourth-order valence-corrected chi connectivity index (χ4v) is 2.26. The molecule has 1 amide bonds. The predicted molar refractivity (Wildman–Crippen MR) is 71.0 cm³/mol. The summed E-state index contributed by atoms with van der Waals surface area (Å²) in [5.41, 5.74) is 0. The molecule has 1 heterocycles. The molecule has 0 aliphatic carbocycles. The summed E-state index contributed by atoms with van der Waals surface area (Å²) >= 11 is 0. The molecule has 0 saturated carbocycles. The van der Waals surface area contributed by atoms with E-state index in [4.69, 9.17) is 0 Å². The lowest BCUT2D eigenvalue weighted by Gasteiger charge is -2.28. The van der Waals surface area contributed by atoms with Crippen molar-refractivity contribution in [1.82, 2.24) is 16.0 Å². The van der Waals surface area contributed by atoms with Crippen LogP contribution in [0.25, 0.3) is 0 Å². The van der Waals surface area contributed by atoms with Gasteiger partial charge in [0.2, 0.25) is 5.91 Å². The predicted octanol–water partition coefficient (Wildman–Crippen LogP) is 0.879. The molecule has 3 N–H and O–H groups in total. The third-order valence-corrected chi connectivity index (χ3v) is 3.71. The molecule has 1 fully saturated rings. The smallest absolute Gasteiger partial charge is 0.237 e. The van der Waals surface area contributed by atoms with Crippen molar-refractivity contribution < 1.29 is 4.79 Å². The molecule has 0 aromatic heterocycles. The molecule has 1 aliphatic rings. The van der Waals surface area contributed by atoms with Crippen LogP contribution in [0.15, 0.2) is 0 Å². The first-order chi connectivity index (χ1) is 8.19. The number of nitrogens with one attached hydrogen (secondary N) is 3. The zero-order valence-electron chi connectivity index (χ0n) is 11.4. The van der Waals surface area contributed by atoms with Gasteiger partial charge in [0.25, 0.3) is 0 Å². The molecule has 0 bridgehead atoms. The Morgan fingerprint density at radius 2 is 2.24 bits per heavy atom. The first kappa shape index (κ1) is 14.5. The van der Waals surface area contributed by atoms with Crippen molar-refractivity contribution in [2.45, 2.75) is 51.6 Å². The second kappa shape index (κ2) is 7.67. The average molecular weight is 241 g/mol. The van der Waals surface area contributed by atoms with Crippen molar-refractivity contribution in [2.75, 3.05) is 20.1 Å². The van der Waals surface area contributed by atoms with Crippen LogP contribution in [-0.2, 0) is 4.79 Å². The van der Waals surface area contributed by atoms with Crippen LogP contribution < -0.4 is 16.0 Å². The average Bonchev–Trinajstić information content (AvgIpc) is 2.38. The molecule has 3 atom stereocenters. The van der Waals surface area contributed by atoms with Crippen molar-refractivity contribution in [3.8, 4) is 0 Å². The molecule has 100 valence electrons. The van der Waals surface area contributed by atoms with Crippen LogP contribution >= 0.6 is 0 Å². The molecule has 0 aromatic carbocycles. The molecule has 1 aliphatic heterocycles. The molecule has 0 radical (unpaired) electrons. The first-order valence-electron chi connectivity index (χ1n) is 6.87. The zero-order chi connectivity index (χ0) is 12.7. The number of hydrogen-bond donors (Lipinski definition) is 3. The van der Waals surface area contributed by atoms with E-state index in [-0.39, 0.29) is 18.0 Å². The number of hydrogen-bond acceptors (Lipinski definition) is 3. The number of likely N-dealkylation sites (N-methyl/N-ethyl adjacent to an activating group) is 1. The highest BCUT2D eigenvalue weighted by Gasteiger charge is 2.24. The van der Waals surface area contributed by atoms with Crippen LogP contribution in [0.5, 0.6) is 0 Å². The van der Waals surface area contributed by atoms with Crippen LogP contribution in [0.2, 0.25) is 0 Å². The molecule has 1 saturated heterocycles. The molecule has 0 aromatic rings. The van der Waals surface area contributed by atoms with Gasteiger partial charge in [-0.1, -0.05) is 26.7 Å². The summed E-state index contributed by atoms with van der Waals surface area (Å²) in [6.45, 7) is 6.17. The third kappa shape index (κ3) is 4.64. The summed E-state index contributed by atoms with van der Waals surface area (Å²) < 4.78 is 0. The number of carbonyl (C=O) groups is 1. The number of amides is 1. The summed E-state index contributed by atoms with van der Waals surface area (Å²) in [6, 6.07) is 0.258.